The van der Waals surface area contributed by atoms with Crippen molar-refractivity contribution in [3.8, 4) is 0 Å². The molecule has 0 radical (unpaired) electrons. The Morgan fingerprint density at radius 1 is 0.957 bits per heavy atom. The molecule has 3 rings (SSSR count). The maximum atomic E-state index is 12.5. The molecule has 0 spiro atoms. The van der Waals surface area contributed by atoms with Gasteiger partial charge in [0.15, 0.2) is 0 Å². The fourth-order valence-electron chi connectivity index (χ4n) is 2.46. The summed E-state index contributed by atoms with van der Waals surface area (Å²) in [6, 6.07) is 16.9. The second-order valence-electron chi connectivity index (χ2n) is 5.80. The molecule has 0 aromatic heterocycles. The van der Waals surface area contributed by atoms with Crippen LogP contribution in [-0.4, -0.2) is 11.8 Å². The van der Waals surface area contributed by atoms with E-state index in [9.17, 15) is 9.59 Å². The van der Waals surface area contributed by atoms with Gasteiger partial charge in [0.05, 0.1) is 5.69 Å². The summed E-state index contributed by atoms with van der Waals surface area (Å²) >= 11 is 0. The second-order valence-corrected chi connectivity index (χ2v) is 5.80. The number of carbonyl (C=O) groups is 2. The Bertz CT molecular complexity index is 762. The van der Waals surface area contributed by atoms with E-state index in [1.165, 1.54) is 10.6 Å². The minimum atomic E-state index is -0.383. The third kappa shape index (κ3) is 3.01. The predicted molar refractivity (Wildman–Crippen MR) is 90.6 cm³/mol. The lowest BCUT2D eigenvalue weighted by Gasteiger charge is -2.13. The van der Waals surface area contributed by atoms with Crippen LogP contribution in [-0.2, 0) is 9.59 Å². The van der Waals surface area contributed by atoms with Crippen LogP contribution in [0.2, 0.25) is 0 Å². The summed E-state index contributed by atoms with van der Waals surface area (Å²) in [7, 11) is 0. The third-order valence-electron chi connectivity index (χ3n) is 3.82. The fraction of sp³-hybridized carbons (Fsp3) is 0.158. The first-order valence-corrected chi connectivity index (χ1v) is 7.58. The number of hydrogen-bond donors (Lipinski definition) is 1. The van der Waals surface area contributed by atoms with E-state index in [2.05, 4.69) is 19.3 Å². The molecule has 1 fully saturated rings. The normalized spacial score (nSPS) is 16.3. The van der Waals surface area contributed by atoms with Gasteiger partial charge in [-0.3, -0.25) is 15.0 Å². The molecule has 0 unspecified atom stereocenters. The van der Waals surface area contributed by atoms with E-state index in [1.807, 2.05) is 42.5 Å². The summed E-state index contributed by atoms with van der Waals surface area (Å²) in [5, 5.41) is 1.27. The van der Waals surface area contributed by atoms with Crippen molar-refractivity contribution in [3.63, 3.8) is 0 Å². The van der Waals surface area contributed by atoms with Crippen molar-refractivity contribution in [2.75, 3.05) is 5.01 Å². The molecule has 4 heteroatoms. The number of nitrogens with zero attached hydrogens (tertiary/aromatic N) is 1. The molecule has 1 aliphatic rings. The number of rotatable bonds is 3. The molecule has 1 saturated heterocycles. The summed E-state index contributed by atoms with van der Waals surface area (Å²) in [5.74, 6) is -0.275. The van der Waals surface area contributed by atoms with Crippen molar-refractivity contribution in [1.29, 1.82) is 0 Å². The highest BCUT2D eigenvalue weighted by atomic mass is 16.2. The predicted octanol–water partition coefficient (Wildman–Crippen LogP) is 3.27. The molecule has 4 nitrogen and oxygen atoms in total. The molecular weight excluding hydrogens is 288 g/mol. The van der Waals surface area contributed by atoms with Crippen LogP contribution in [0, 0.1) is 0 Å². The molecule has 2 aromatic carbocycles. The van der Waals surface area contributed by atoms with E-state index in [-0.39, 0.29) is 17.4 Å². The van der Waals surface area contributed by atoms with Crippen LogP contribution in [0.15, 0.2) is 60.2 Å². The standard InChI is InChI=1S/C19H18N2O2/c1-13(2)15-10-8-14(9-11-15)12-17-18(22)20-21(19(17)23)16-6-4-3-5-7-16/h3-13H,1-2H3,(H,20,22)/b17-12+. The molecular formula is C19H18N2O2. The molecule has 1 heterocycles. The van der Waals surface area contributed by atoms with Crippen molar-refractivity contribution in [1.82, 2.24) is 5.43 Å². The van der Waals surface area contributed by atoms with Gasteiger partial charge in [-0.15, -0.1) is 0 Å². The van der Waals surface area contributed by atoms with Crippen LogP contribution in [0.5, 0.6) is 0 Å². The highest BCUT2D eigenvalue weighted by Gasteiger charge is 2.34. The first kappa shape index (κ1) is 15.0. The molecule has 0 atom stereocenters. The average molecular weight is 306 g/mol. The van der Waals surface area contributed by atoms with Gasteiger partial charge in [-0.05, 0) is 35.3 Å². The molecule has 1 aliphatic heterocycles. The Balaban J connectivity index is 1.88. The molecule has 0 saturated carbocycles. The third-order valence-corrected chi connectivity index (χ3v) is 3.82. The minimum Gasteiger partial charge on any atom is -0.267 e. The number of carbonyl (C=O) groups excluding carboxylic acids is 2. The lowest BCUT2D eigenvalue weighted by atomic mass is 10.0. The van der Waals surface area contributed by atoms with E-state index in [0.29, 0.717) is 11.6 Å². The highest BCUT2D eigenvalue weighted by molar-refractivity contribution is 6.31. The Morgan fingerprint density at radius 2 is 1.61 bits per heavy atom. The molecule has 23 heavy (non-hydrogen) atoms. The summed E-state index contributed by atoms with van der Waals surface area (Å²) in [6.45, 7) is 4.25. The van der Waals surface area contributed by atoms with Gasteiger partial charge in [0, 0.05) is 0 Å². The van der Waals surface area contributed by atoms with Crippen LogP contribution < -0.4 is 10.4 Å². The van der Waals surface area contributed by atoms with E-state index in [1.54, 1.807) is 18.2 Å². The number of hydrazine groups is 1. The van der Waals surface area contributed by atoms with E-state index in [0.717, 1.165) is 5.56 Å². The van der Waals surface area contributed by atoms with Crippen molar-refractivity contribution >= 4 is 23.6 Å². The Morgan fingerprint density at radius 3 is 2.22 bits per heavy atom. The Kier molecular flexibility index (Phi) is 3.98. The number of nitrogens with one attached hydrogen (secondary N) is 1. The lowest BCUT2D eigenvalue weighted by Crippen LogP contribution is -2.35. The zero-order valence-corrected chi connectivity index (χ0v) is 13.1. The molecule has 0 aliphatic carbocycles. The highest BCUT2D eigenvalue weighted by Crippen LogP contribution is 2.22. The van der Waals surface area contributed by atoms with Crippen molar-refractivity contribution in [3.05, 3.63) is 71.3 Å². The number of hydrogen-bond acceptors (Lipinski definition) is 2. The second kappa shape index (κ2) is 6.08. The van der Waals surface area contributed by atoms with E-state index < -0.39 is 0 Å². The van der Waals surface area contributed by atoms with Gasteiger partial charge in [-0.1, -0.05) is 56.3 Å². The van der Waals surface area contributed by atoms with Crippen LogP contribution in [0.3, 0.4) is 0 Å². The zero-order chi connectivity index (χ0) is 16.4. The van der Waals surface area contributed by atoms with Crippen molar-refractivity contribution in [2.45, 2.75) is 19.8 Å². The Labute approximate surface area is 135 Å². The average Bonchev–Trinajstić information content (AvgIpc) is 2.84. The lowest BCUT2D eigenvalue weighted by molar-refractivity contribution is -0.117. The quantitative estimate of drug-likeness (QED) is 0.699. The van der Waals surface area contributed by atoms with Gasteiger partial charge in [-0.25, -0.2) is 5.01 Å². The van der Waals surface area contributed by atoms with E-state index in [4.69, 9.17) is 0 Å². The number of anilines is 1. The summed E-state index contributed by atoms with van der Waals surface area (Å²) in [6.07, 6.45) is 1.63. The van der Waals surface area contributed by atoms with Gasteiger partial charge in [0.1, 0.15) is 5.57 Å². The Hall–Kier alpha value is -2.88. The fourth-order valence-corrected chi connectivity index (χ4v) is 2.46. The van der Waals surface area contributed by atoms with Crippen LogP contribution in [0.4, 0.5) is 5.69 Å². The zero-order valence-electron chi connectivity index (χ0n) is 13.1. The smallest absolute Gasteiger partial charge is 0.267 e. The van der Waals surface area contributed by atoms with Gasteiger partial charge in [0.2, 0.25) is 0 Å². The topological polar surface area (TPSA) is 49.4 Å². The van der Waals surface area contributed by atoms with Gasteiger partial charge in [0.25, 0.3) is 11.8 Å². The monoisotopic (exact) mass is 306 g/mol. The maximum Gasteiger partial charge on any atom is 0.282 e. The van der Waals surface area contributed by atoms with Gasteiger partial charge in [-0.2, -0.15) is 0 Å². The van der Waals surface area contributed by atoms with Gasteiger partial charge >= 0.3 is 0 Å². The van der Waals surface area contributed by atoms with Crippen LogP contribution >= 0.6 is 0 Å². The first-order valence-electron chi connectivity index (χ1n) is 7.58. The molecule has 0 bridgehead atoms. The molecule has 1 N–H and O–H groups in total. The molecule has 116 valence electrons. The maximum absolute atomic E-state index is 12.5. The first-order chi connectivity index (χ1) is 11.1. The largest absolute Gasteiger partial charge is 0.282 e. The van der Waals surface area contributed by atoms with Crippen LogP contribution in [0.1, 0.15) is 30.9 Å². The van der Waals surface area contributed by atoms with Crippen molar-refractivity contribution in [2.24, 2.45) is 0 Å². The SMILES string of the molecule is CC(C)c1ccc(/C=C2\C(=O)NN(c3ccccc3)C2=O)cc1. The van der Waals surface area contributed by atoms with Crippen LogP contribution in [0.25, 0.3) is 6.08 Å². The van der Waals surface area contributed by atoms with E-state index >= 15 is 0 Å². The number of benzene rings is 2. The van der Waals surface area contributed by atoms with Crippen molar-refractivity contribution < 1.29 is 9.59 Å². The number of amides is 2. The number of para-hydroxylation sites is 1. The van der Waals surface area contributed by atoms with Gasteiger partial charge < -0.3 is 0 Å². The summed E-state index contributed by atoms with van der Waals surface area (Å²) < 4.78 is 0. The molecule has 2 amide bonds. The summed E-state index contributed by atoms with van der Waals surface area (Å²) in [5.41, 5.74) is 5.44. The molecule has 2 aromatic rings. The summed E-state index contributed by atoms with van der Waals surface area (Å²) in [4.78, 5) is 24.6. The minimum absolute atomic E-state index is 0.145.